The molecule has 0 aromatic heterocycles. The predicted molar refractivity (Wildman–Crippen MR) is 69.0 cm³/mol. The number of carbonyl (C=O) groups excluding carboxylic acids is 3. The van der Waals surface area contributed by atoms with Crippen LogP contribution in [-0.2, 0) is 14.4 Å². The first-order chi connectivity index (χ1) is 8.91. The van der Waals surface area contributed by atoms with Crippen LogP contribution in [0.25, 0.3) is 0 Å². The van der Waals surface area contributed by atoms with E-state index in [1.807, 2.05) is 0 Å². The first kappa shape index (κ1) is 15.6. The van der Waals surface area contributed by atoms with E-state index in [9.17, 15) is 14.4 Å². The summed E-state index contributed by atoms with van der Waals surface area (Å²) in [6.07, 6.45) is 2.59. The van der Waals surface area contributed by atoms with Crippen LogP contribution in [0.1, 0.15) is 33.1 Å². The van der Waals surface area contributed by atoms with Crippen molar-refractivity contribution in [2.45, 2.75) is 51.2 Å². The fraction of sp³-hybridized carbons (Fsp3) is 0.750. The van der Waals surface area contributed by atoms with E-state index in [2.05, 4.69) is 16.0 Å². The highest BCUT2D eigenvalue weighted by Gasteiger charge is 2.25. The van der Waals surface area contributed by atoms with E-state index >= 15 is 0 Å². The molecule has 1 rings (SSSR count). The van der Waals surface area contributed by atoms with Crippen molar-refractivity contribution in [2.75, 3.05) is 6.54 Å². The molecular weight excluding hydrogens is 248 g/mol. The predicted octanol–water partition coefficient (Wildman–Crippen LogP) is -1.36. The average Bonchev–Trinajstić information content (AvgIpc) is 2.39. The Morgan fingerprint density at radius 3 is 2.42 bits per heavy atom. The molecule has 1 aliphatic rings. The van der Waals surface area contributed by atoms with Crippen molar-refractivity contribution < 1.29 is 14.4 Å². The molecule has 0 bridgehead atoms. The second-order valence-electron chi connectivity index (χ2n) is 4.79. The lowest BCUT2D eigenvalue weighted by Crippen LogP contribution is -2.53. The summed E-state index contributed by atoms with van der Waals surface area (Å²) in [5.74, 6) is -1.37. The van der Waals surface area contributed by atoms with E-state index < -0.39 is 35.8 Å². The number of carbonyl (C=O) groups is 3. The molecule has 1 unspecified atom stereocenters. The number of rotatable bonds is 4. The van der Waals surface area contributed by atoms with Gasteiger partial charge in [-0.15, -0.1) is 0 Å². The number of imide groups is 1. The van der Waals surface area contributed by atoms with Gasteiger partial charge in [-0.2, -0.15) is 0 Å². The summed E-state index contributed by atoms with van der Waals surface area (Å²) in [7, 11) is 0. The van der Waals surface area contributed by atoms with E-state index in [4.69, 9.17) is 5.73 Å². The fourth-order valence-corrected chi connectivity index (χ4v) is 1.73. The van der Waals surface area contributed by atoms with Gasteiger partial charge in [0.15, 0.2) is 0 Å². The largest absolute Gasteiger partial charge is 0.343 e. The number of amides is 3. The van der Waals surface area contributed by atoms with Crippen LogP contribution in [0.15, 0.2) is 0 Å². The maximum absolute atomic E-state index is 11.8. The Morgan fingerprint density at radius 1 is 1.21 bits per heavy atom. The van der Waals surface area contributed by atoms with E-state index in [0.29, 0.717) is 13.0 Å². The molecule has 107 valence electrons. The summed E-state index contributed by atoms with van der Waals surface area (Å²) in [5, 5.41) is 8.85. The average molecular weight is 269 g/mol. The van der Waals surface area contributed by atoms with Gasteiger partial charge < -0.3 is 11.1 Å². The molecule has 1 fully saturated rings. The number of nitrogens with two attached hydrogens (primary N) is 1. The molecule has 3 amide bonds. The maximum Gasteiger partial charge on any atom is 0.248 e. The van der Waals surface area contributed by atoms with Crippen LogP contribution in [0.4, 0.5) is 0 Å². The molecule has 3 atom stereocenters. The molecule has 0 aliphatic carbocycles. The topological polar surface area (TPSA) is 115 Å². The second kappa shape index (κ2) is 7.20. The molecule has 0 aromatic carbocycles. The molecule has 0 saturated carbocycles. The fourth-order valence-electron chi connectivity index (χ4n) is 1.73. The number of nitrogens with zero attached hydrogens (tertiary/aromatic N) is 1. The highest BCUT2D eigenvalue weighted by atomic mass is 16.2. The molecular formula is C12H21N4O3. The van der Waals surface area contributed by atoms with E-state index in [-0.39, 0.29) is 0 Å². The van der Waals surface area contributed by atoms with Crippen LogP contribution < -0.4 is 21.7 Å². The molecule has 19 heavy (non-hydrogen) atoms. The first-order valence-electron chi connectivity index (χ1n) is 6.49. The smallest absolute Gasteiger partial charge is 0.248 e. The Morgan fingerprint density at radius 2 is 1.89 bits per heavy atom. The van der Waals surface area contributed by atoms with Crippen molar-refractivity contribution in [1.82, 2.24) is 16.0 Å². The van der Waals surface area contributed by atoms with Crippen molar-refractivity contribution in [3.8, 4) is 0 Å². The lowest BCUT2D eigenvalue weighted by molar-refractivity contribution is -0.135. The van der Waals surface area contributed by atoms with E-state index in [1.165, 1.54) is 13.8 Å². The lowest BCUT2D eigenvalue weighted by Gasteiger charge is -2.21. The summed E-state index contributed by atoms with van der Waals surface area (Å²) < 4.78 is 0. The van der Waals surface area contributed by atoms with Crippen molar-refractivity contribution >= 4 is 17.7 Å². The number of piperidine rings is 1. The van der Waals surface area contributed by atoms with E-state index in [0.717, 1.165) is 12.8 Å². The monoisotopic (exact) mass is 269 g/mol. The molecule has 0 spiro atoms. The third-order valence-corrected chi connectivity index (χ3v) is 2.95. The van der Waals surface area contributed by atoms with Crippen LogP contribution in [0.3, 0.4) is 0 Å². The van der Waals surface area contributed by atoms with Crippen molar-refractivity contribution in [3.63, 3.8) is 0 Å². The van der Waals surface area contributed by atoms with Crippen LogP contribution in [-0.4, -0.2) is 42.4 Å². The zero-order chi connectivity index (χ0) is 14.4. The van der Waals surface area contributed by atoms with Crippen molar-refractivity contribution in [2.24, 2.45) is 5.73 Å². The van der Waals surface area contributed by atoms with Crippen molar-refractivity contribution in [1.29, 1.82) is 0 Å². The van der Waals surface area contributed by atoms with Gasteiger partial charge in [0.25, 0.3) is 0 Å². The molecule has 1 saturated heterocycles. The molecule has 1 radical (unpaired) electrons. The summed E-state index contributed by atoms with van der Waals surface area (Å²) in [4.78, 5) is 34.8. The Labute approximate surface area is 112 Å². The minimum atomic E-state index is -0.800. The van der Waals surface area contributed by atoms with Gasteiger partial charge >= 0.3 is 0 Å². The van der Waals surface area contributed by atoms with Gasteiger partial charge in [-0.25, -0.2) is 5.32 Å². The SMILES string of the molecule is C[C@H](N)C(=O)N[C@@H](C)C(=O)NC(=O)C1CCCC[N]1. The minimum Gasteiger partial charge on any atom is -0.343 e. The third-order valence-electron chi connectivity index (χ3n) is 2.95. The standard InChI is InChI=1S/C12H21N4O3/c1-7(13)10(17)15-8(2)11(18)16-12(19)9-5-3-4-6-14-9/h7-9H,3-6,13H2,1-2H3,(H,15,17)(H,16,18,19)/t7-,8-,9?/m0/s1. The number of hydrogen-bond acceptors (Lipinski definition) is 4. The molecule has 0 aromatic rings. The highest BCUT2D eigenvalue weighted by molar-refractivity contribution is 6.01. The molecule has 4 N–H and O–H groups in total. The van der Waals surface area contributed by atoms with E-state index in [1.54, 1.807) is 0 Å². The lowest BCUT2D eigenvalue weighted by atomic mass is 10.0. The normalized spacial score (nSPS) is 22.2. The highest BCUT2D eigenvalue weighted by Crippen LogP contribution is 2.08. The Balaban J connectivity index is 2.40. The first-order valence-corrected chi connectivity index (χ1v) is 6.49. The van der Waals surface area contributed by atoms with Gasteiger partial charge in [0.1, 0.15) is 12.1 Å². The van der Waals surface area contributed by atoms with Gasteiger partial charge in [0.05, 0.1) is 6.04 Å². The Hall–Kier alpha value is -1.47. The summed E-state index contributed by atoms with van der Waals surface area (Å²) in [6, 6.07) is -1.95. The molecule has 1 heterocycles. The summed E-state index contributed by atoms with van der Waals surface area (Å²) in [6.45, 7) is 3.68. The number of hydrogen-bond donors (Lipinski definition) is 3. The summed E-state index contributed by atoms with van der Waals surface area (Å²) in [5.41, 5.74) is 5.38. The maximum atomic E-state index is 11.8. The Kier molecular flexibility index (Phi) is 5.91. The zero-order valence-electron chi connectivity index (χ0n) is 11.3. The van der Waals surface area contributed by atoms with Gasteiger partial charge in [-0.05, 0) is 33.1 Å². The molecule has 1 aliphatic heterocycles. The van der Waals surface area contributed by atoms with Crippen LogP contribution in [0.2, 0.25) is 0 Å². The van der Waals surface area contributed by atoms with Gasteiger partial charge in [0.2, 0.25) is 17.7 Å². The molecule has 7 nitrogen and oxygen atoms in total. The summed E-state index contributed by atoms with van der Waals surface area (Å²) >= 11 is 0. The van der Waals surface area contributed by atoms with Gasteiger partial charge in [0, 0.05) is 6.54 Å². The van der Waals surface area contributed by atoms with Crippen LogP contribution in [0, 0.1) is 0 Å². The second-order valence-corrected chi connectivity index (χ2v) is 4.79. The minimum absolute atomic E-state index is 0.397. The number of nitrogens with one attached hydrogen (secondary N) is 2. The Bertz CT molecular complexity index is 351. The third kappa shape index (κ3) is 4.96. The van der Waals surface area contributed by atoms with Crippen LogP contribution >= 0.6 is 0 Å². The van der Waals surface area contributed by atoms with Crippen LogP contribution in [0.5, 0.6) is 0 Å². The zero-order valence-corrected chi connectivity index (χ0v) is 11.3. The molecule has 7 heteroatoms. The van der Waals surface area contributed by atoms with Gasteiger partial charge in [-0.3, -0.25) is 19.7 Å². The van der Waals surface area contributed by atoms with Crippen molar-refractivity contribution in [3.05, 3.63) is 0 Å². The van der Waals surface area contributed by atoms with Gasteiger partial charge in [-0.1, -0.05) is 0 Å². The quantitative estimate of drug-likeness (QED) is 0.584.